The highest BCUT2D eigenvalue weighted by Gasteiger charge is 2.50. The van der Waals surface area contributed by atoms with E-state index in [0.29, 0.717) is 35.3 Å². The fourth-order valence-electron chi connectivity index (χ4n) is 4.45. The minimum Gasteiger partial charge on any atom is -0.497 e. The Morgan fingerprint density at radius 1 is 0.846 bits per heavy atom. The zero-order chi connectivity index (χ0) is 27.8. The maximum Gasteiger partial charge on any atom is 0.348 e. The molecule has 200 valence electrons. The van der Waals surface area contributed by atoms with Gasteiger partial charge in [0.2, 0.25) is 6.10 Å². The molecule has 2 N–H and O–H groups in total. The molecule has 0 aliphatic rings. The molecule has 0 fully saturated rings. The Hall–Kier alpha value is -4.72. The van der Waals surface area contributed by atoms with E-state index in [4.69, 9.17) is 9.47 Å². The van der Waals surface area contributed by atoms with Gasteiger partial charge in [-0.2, -0.15) is 0 Å². The number of aromatic nitrogens is 2. The van der Waals surface area contributed by atoms with Crippen LogP contribution in [0.15, 0.2) is 91.0 Å². The molecule has 1 amide bonds. The molecule has 0 spiro atoms. The summed E-state index contributed by atoms with van der Waals surface area (Å²) in [6.45, 7) is 3.90. The standard InChI is InChI=1S/C31H31N3O5/c1-4-24-20-25(5-2)33-30(32-24)39-27(29(36)37)31(22-12-8-6-9-13-22,23-14-10-7-11-15-23)34-28(35)21-16-18-26(38-3)19-17-21/h6-20,27H,4-5H2,1-3H3,(H,34,35)(H,36,37). The van der Waals surface area contributed by atoms with Gasteiger partial charge in [-0.25, -0.2) is 14.8 Å². The molecule has 3 aromatic carbocycles. The molecule has 0 aliphatic carbocycles. The van der Waals surface area contributed by atoms with Crippen LogP contribution in [0.1, 0.15) is 46.7 Å². The number of methoxy groups -OCH3 is 1. The second kappa shape index (κ2) is 12.2. The van der Waals surface area contributed by atoms with E-state index < -0.39 is 23.5 Å². The van der Waals surface area contributed by atoms with Gasteiger partial charge in [0.15, 0.2) is 0 Å². The van der Waals surface area contributed by atoms with Crippen molar-refractivity contribution in [3.8, 4) is 11.8 Å². The number of amides is 1. The summed E-state index contributed by atoms with van der Waals surface area (Å²) in [6.07, 6.45) is -0.373. The van der Waals surface area contributed by atoms with Gasteiger partial charge in [-0.15, -0.1) is 0 Å². The molecular formula is C31H31N3O5. The van der Waals surface area contributed by atoms with Gasteiger partial charge in [-0.05, 0) is 54.3 Å². The fraction of sp³-hybridized carbons (Fsp3) is 0.226. The Bertz CT molecular complexity index is 1350. The van der Waals surface area contributed by atoms with Gasteiger partial charge >= 0.3 is 12.0 Å². The molecule has 0 saturated heterocycles. The minimum atomic E-state index is -1.65. The first-order chi connectivity index (χ1) is 18.9. The third-order valence-electron chi connectivity index (χ3n) is 6.50. The van der Waals surface area contributed by atoms with Crippen LogP contribution in [0.3, 0.4) is 0 Å². The number of nitrogens with one attached hydrogen (secondary N) is 1. The van der Waals surface area contributed by atoms with Gasteiger partial charge in [-0.1, -0.05) is 74.5 Å². The number of benzene rings is 3. The van der Waals surface area contributed by atoms with Crippen LogP contribution in [0.2, 0.25) is 0 Å². The van der Waals surface area contributed by atoms with Crippen molar-refractivity contribution in [1.29, 1.82) is 0 Å². The molecule has 8 nitrogen and oxygen atoms in total. The van der Waals surface area contributed by atoms with E-state index in [0.717, 1.165) is 11.4 Å². The van der Waals surface area contributed by atoms with Crippen LogP contribution in [0, 0.1) is 0 Å². The molecule has 0 saturated carbocycles. The van der Waals surface area contributed by atoms with E-state index in [9.17, 15) is 14.7 Å². The first-order valence-corrected chi connectivity index (χ1v) is 12.7. The Morgan fingerprint density at radius 3 is 1.79 bits per heavy atom. The maximum absolute atomic E-state index is 13.8. The average molecular weight is 526 g/mol. The smallest absolute Gasteiger partial charge is 0.348 e. The molecule has 0 bridgehead atoms. The highest BCUT2D eigenvalue weighted by atomic mass is 16.5. The lowest BCUT2D eigenvalue weighted by Gasteiger charge is -2.39. The molecule has 8 heteroatoms. The van der Waals surface area contributed by atoms with Gasteiger partial charge in [0, 0.05) is 17.0 Å². The number of hydrogen-bond donors (Lipinski definition) is 2. The van der Waals surface area contributed by atoms with Crippen molar-refractivity contribution in [2.45, 2.75) is 38.3 Å². The number of carbonyl (C=O) groups is 2. The van der Waals surface area contributed by atoms with Crippen LogP contribution in [0.4, 0.5) is 0 Å². The Morgan fingerprint density at radius 2 is 1.36 bits per heavy atom. The average Bonchev–Trinajstić information content (AvgIpc) is 2.99. The van der Waals surface area contributed by atoms with Crippen LogP contribution in [-0.4, -0.2) is 40.2 Å². The van der Waals surface area contributed by atoms with Crippen molar-refractivity contribution < 1.29 is 24.2 Å². The number of aryl methyl sites for hydroxylation is 2. The van der Waals surface area contributed by atoms with E-state index in [1.165, 1.54) is 0 Å². The number of carbonyl (C=O) groups excluding carboxylic acids is 1. The summed E-state index contributed by atoms with van der Waals surface area (Å²) in [6, 6.07) is 26.2. The number of ether oxygens (including phenoxy) is 2. The summed E-state index contributed by atoms with van der Waals surface area (Å²) in [5, 5.41) is 13.7. The third-order valence-corrected chi connectivity index (χ3v) is 6.50. The quantitative estimate of drug-likeness (QED) is 0.289. The SMILES string of the molecule is CCc1cc(CC)nc(OC(C(=O)O)C(NC(=O)c2ccc(OC)cc2)(c2ccccc2)c2ccccc2)n1. The number of nitrogens with zero attached hydrogens (tertiary/aromatic N) is 2. The van der Waals surface area contributed by atoms with Gasteiger partial charge in [0.25, 0.3) is 5.91 Å². The second-order valence-electron chi connectivity index (χ2n) is 8.90. The number of hydrogen-bond acceptors (Lipinski definition) is 6. The molecule has 4 rings (SSSR count). The Kier molecular flexibility index (Phi) is 8.56. The highest BCUT2D eigenvalue weighted by molar-refractivity contribution is 5.96. The number of aliphatic carboxylic acids is 1. The van der Waals surface area contributed by atoms with Crippen molar-refractivity contribution in [2.24, 2.45) is 0 Å². The summed E-state index contributed by atoms with van der Waals surface area (Å²) in [4.78, 5) is 35.7. The first kappa shape index (κ1) is 27.3. The summed E-state index contributed by atoms with van der Waals surface area (Å²) in [7, 11) is 1.54. The lowest BCUT2D eigenvalue weighted by atomic mass is 9.77. The molecular weight excluding hydrogens is 494 g/mol. The summed E-state index contributed by atoms with van der Waals surface area (Å²) >= 11 is 0. The number of rotatable bonds is 11. The van der Waals surface area contributed by atoms with E-state index in [1.807, 2.05) is 32.0 Å². The van der Waals surface area contributed by atoms with Crippen molar-refractivity contribution in [3.05, 3.63) is 119 Å². The van der Waals surface area contributed by atoms with Crippen LogP contribution in [-0.2, 0) is 23.2 Å². The van der Waals surface area contributed by atoms with E-state index in [-0.39, 0.29) is 6.01 Å². The van der Waals surface area contributed by atoms with Crippen molar-refractivity contribution in [2.75, 3.05) is 7.11 Å². The number of carboxylic acids is 1. The number of carboxylic acid groups (broad SMARTS) is 1. The predicted molar refractivity (Wildman–Crippen MR) is 147 cm³/mol. The van der Waals surface area contributed by atoms with Crippen molar-refractivity contribution in [3.63, 3.8) is 0 Å². The van der Waals surface area contributed by atoms with Crippen LogP contribution < -0.4 is 14.8 Å². The molecule has 1 aromatic heterocycles. The molecule has 1 unspecified atom stereocenters. The first-order valence-electron chi connectivity index (χ1n) is 12.7. The fourth-order valence-corrected chi connectivity index (χ4v) is 4.45. The summed E-state index contributed by atoms with van der Waals surface area (Å²) < 4.78 is 11.4. The largest absolute Gasteiger partial charge is 0.497 e. The van der Waals surface area contributed by atoms with E-state index >= 15 is 0 Å². The molecule has 1 atom stereocenters. The minimum absolute atomic E-state index is 0.0615. The molecule has 0 aliphatic heterocycles. The summed E-state index contributed by atoms with van der Waals surface area (Å²) in [5.74, 6) is -1.19. The summed E-state index contributed by atoms with van der Waals surface area (Å²) in [5.41, 5.74) is 1.18. The monoisotopic (exact) mass is 525 g/mol. The zero-order valence-electron chi connectivity index (χ0n) is 22.1. The van der Waals surface area contributed by atoms with Crippen LogP contribution >= 0.6 is 0 Å². The maximum atomic E-state index is 13.8. The second-order valence-corrected chi connectivity index (χ2v) is 8.90. The predicted octanol–water partition coefficient (Wildman–Crippen LogP) is 4.82. The topological polar surface area (TPSA) is 111 Å². The van der Waals surface area contributed by atoms with Crippen LogP contribution in [0.5, 0.6) is 11.8 Å². The van der Waals surface area contributed by atoms with E-state index in [1.54, 1.807) is 79.9 Å². The van der Waals surface area contributed by atoms with Gasteiger partial charge in [-0.3, -0.25) is 4.79 Å². The van der Waals surface area contributed by atoms with Crippen molar-refractivity contribution in [1.82, 2.24) is 15.3 Å². The van der Waals surface area contributed by atoms with E-state index in [2.05, 4.69) is 15.3 Å². The Labute approximate surface area is 227 Å². The lowest BCUT2D eigenvalue weighted by Crippen LogP contribution is -2.60. The van der Waals surface area contributed by atoms with Gasteiger partial charge in [0.1, 0.15) is 11.3 Å². The van der Waals surface area contributed by atoms with Crippen LogP contribution in [0.25, 0.3) is 0 Å². The third kappa shape index (κ3) is 5.90. The van der Waals surface area contributed by atoms with Gasteiger partial charge in [0.05, 0.1) is 7.11 Å². The van der Waals surface area contributed by atoms with Gasteiger partial charge < -0.3 is 19.9 Å². The molecule has 0 radical (unpaired) electrons. The van der Waals surface area contributed by atoms with Crippen molar-refractivity contribution >= 4 is 11.9 Å². The normalized spacial score (nSPS) is 11.9. The molecule has 1 heterocycles. The molecule has 4 aromatic rings. The zero-order valence-corrected chi connectivity index (χ0v) is 22.1. The lowest BCUT2D eigenvalue weighted by molar-refractivity contribution is -0.148. The Balaban J connectivity index is 1.92. The highest BCUT2D eigenvalue weighted by Crippen LogP contribution is 2.36. The molecule has 39 heavy (non-hydrogen) atoms.